The lowest BCUT2D eigenvalue weighted by Crippen LogP contribution is -2.32. The molecule has 0 aliphatic rings. The monoisotopic (exact) mass is 348 g/mol. The fourth-order valence-corrected chi connectivity index (χ4v) is 2.30. The zero-order valence-electron chi connectivity index (χ0n) is 13.8. The number of carbonyl (C=O) groups is 1. The zero-order chi connectivity index (χ0) is 17.4. The number of aryl methyl sites for hydroxylation is 1. The van der Waals surface area contributed by atoms with Gasteiger partial charge in [0.2, 0.25) is 0 Å². The van der Waals surface area contributed by atoms with Crippen LogP contribution in [0.2, 0.25) is 5.02 Å². The Morgan fingerprint density at radius 3 is 2.54 bits per heavy atom. The highest BCUT2D eigenvalue weighted by Crippen LogP contribution is 2.21. The van der Waals surface area contributed by atoms with E-state index in [1.807, 2.05) is 38.1 Å². The third-order valence-electron chi connectivity index (χ3n) is 3.21. The number of amides is 2. The average Bonchev–Trinajstić information content (AvgIpc) is 2.55. The van der Waals surface area contributed by atoms with E-state index in [2.05, 4.69) is 10.6 Å². The molecule has 2 aromatic rings. The minimum Gasteiger partial charge on any atom is -0.494 e. The maximum Gasteiger partial charge on any atom is 0.319 e. The molecule has 0 aliphatic heterocycles. The third kappa shape index (κ3) is 5.66. The van der Waals surface area contributed by atoms with E-state index in [0.29, 0.717) is 30.5 Å². The number of rotatable bonds is 7. The number of ether oxygens (including phenoxy) is 2. The van der Waals surface area contributed by atoms with Gasteiger partial charge < -0.3 is 20.1 Å². The molecule has 0 bridgehead atoms. The van der Waals surface area contributed by atoms with E-state index in [1.54, 1.807) is 18.2 Å². The predicted molar refractivity (Wildman–Crippen MR) is 96.3 cm³/mol. The first kappa shape index (κ1) is 17.9. The molecule has 128 valence electrons. The number of hydrogen-bond acceptors (Lipinski definition) is 3. The van der Waals surface area contributed by atoms with Crippen LogP contribution in [0.5, 0.6) is 11.5 Å². The van der Waals surface area contributed by atoms with E-state index < -0.39 is 0 Å². The number of halogens is 1. The van der Waals surface area contributed by atoms with Crippen molar-refractivity contribution < 1.29 is 14.3 Å². The van der Waals surface area contributed by atoms with Gasteiger partial charge >= 0.3 is 6.03 Å². The molecule has 2 amide bonds. The van der Waals surface area contributed by atoms with Gasteiger partial charge in [-0.2, -0.15) is 0 Å². The maximum atomic E-state index is 11.8. The van der Waals surface area contributed by atoms with Gasteiger partial charge in [-0.25, -0.2) is 4.79 Å². The Morgan fingerprint density at radius 2 is 1.88 bits per heavy atom. The second-order valence-electron chi connectivity index (χ2n) is 5.10. The largest absolute Gasteiger partial charge is 0.494 e. The summed E-state index contributed by atoms with van der Waals surface area (Å²) in [6.45, 7) is 5.23. The molecular formula is C18H21ClN2O3. The van der Waals surface area contributed by atoms with Crippen molar-refractivity contribution in [3.05, 3.63) is 53.1 Å². The van der Waals surface area contributed by atoms with Gasteiger partial charge in [0.1, 0.15) is 18.1 Å². The van der Waals surface area contributed by atoms with Crippen LogP contribution in [-0.4, -0.2) is 25.8 Å². The smallest absolute Gasteiger partial charge is 0.319 e. The molecule has 5 nitrogen and oxygen atoms in total. The Morgan fingerprint density at radius 1 is 1.12 bits per heavy atom. The number of urea groups is 1. The highest BCUT2D eigenvalue weighted by molar-refractivity contribution is 6.30. The first-order valence-corrected chi connectivity index (χ1v) is 8.13. The van der Waals surface area contributed by atoms with E-state index in [4.69, 9.17) is 21.1 Å². The summed E-state index contributed by atoms with van der Waals surface area (Å²) in [5, 5.41) is 6.16. The second-order valence-corrected chi connectivity index (χ2v) is 5.53. The summed E-state index contributed by atoms with van der Waals surface area (Å²) in [7, 11) is 0. The number of carbonyl (C=O) groups excluding carboxylic acids is 1. The SMILES string of the molecule is CCOc1ccc(NC(=O)NCCOc2ccc(Cl)cc2C)cc1. The maximum absolute atomic E-state index is 11.8. The van der Waals surface area contributed by atoms with E-state index >= 15 is 0 Å². The van der Waals surface area contributed by atoms with Crippen LogP contribution in [-0.2, 0) is 0 Å². The zero-order valence-corrected chi connectivity index (χ0v) is 14.5. The molecule has 6 heteroatoms. The Bertz CT molecular complexity index is 674. The molecule has 0 aliphatic carbocycles. The highest BCUT2D eigenvalue weighted by Gasteiger charge is 2.03. The summed E-state index contributed by atoms with van der Waals surface area (Å²) in [6.07, 6.45) is 0. The molecule has 0 aromatic heterocycles. The molecular weight excluding hydrogens is 328 g/mol. The van der Waals surface area contributed by atoms with Crippen molar-refractivity contribution in [2.75, 3.05) is 25.1 Å². The van der Waals surface area contributed by atoms with E-state index in [0.717, 1.165) is 17.1 Å². The van der Waals surface area contributed by atoms with Gasteiger partial charge in [0.05, 0.1) is 13.2 Å². The van der Waals surface area contributed by atoms with E-state index in [9.17, 15) is 4.79 Å². The van der Waals surface area contributed by atoms with E-state index in [-0.39, 0.29) is 6.03 Å². The molecule has 0 heterocycles. The van der Waals surface area contributed by atoms with Crippen molar-refractivity contribution in [2.45, 2.75) is 13.8 Å². The van der Waals surface area contributed by atoms with E-state index in [1.165, 1.54) is 0 Å². The normalized spacial score (nSPS) is 10.1. The lowest BCUT2D eigenvalue weighted by molar-refractivity contribution is 0.247. The Hall–Kier alpha value is -2.40. The summed E-state index contributed by atoms with van der Waals surface area (Å²) in [5.41, 5.74) is 1.66. The number of hydrogen-bond donors (Lipinski definition) is 2. The molecule has 0 saturated heterocycles. The molecule has 0 fully saturated rings. The fourth-order valence-electron chi connectivity index (χ4n) is 2.08. The quantitative estimate of drug-likeness (QED) is 0.735. The van der Waals surface area contributed by atoms with Crippen molar-refractivity contribution in [1.29, 1.82) is 0 Å². The summed E-state index contributed by atoms with van der Waals surface area (Å²) in [5.74, 6) is 1.53. The van der Waals surface area contributed by atoms with Crippen LogP contribution in [0.4, 0.5) is 10.5 Å². The molecule has 24 heavy (non-hydrogen) atoms. The summed E-state index contributed by atoms with van der Waals surface area (Å²) < 4.78 is 11.0. The van der Waals surface area contributed by atoms with Crippen LogP contribution in [0.25, 0.3) is 0 Å². The summed E-state index contributed by atoms with van der Waals surface area (Å²) in [6, 6.07) is 12.3. The van der Waals surface area contributed by atoms with Crippen molar-refractivity contribution in [2.24, 2.45) is 0 Å². The van der Waals surface area contributed by atoms with Gasteiger partial charge in [-0.1, -0.05) is 11.6 Å². The van der Waals surface area contributed by atoms with Gasteiger partial charge in [0.25, 0.3) is 0 Å². The lowest BCUT2D eigenvalue weighted by Gasteiger charge is -2.11. The minimum atomic E-state index is -0.282. The van der Waals surface area contributed by atoms with Crippen LogP contribution in [0.3, 0.4) is 0 Å². The van der Waals surface area contributed by atoms with Crippen LogP contribution in [0.1, 0.15) is 12.5 Å². The molecule has 0 radical (unpaired) electrons. The minimum absolute atomic E-state index is 0.282. The first-order chi connectivity index (χ1) is 11.6. The van der Waals surface area contributed by atoms with Crippen molar-refractivity contribution in [3.8, 4) is 11.5 Å². The Labute approximate surface area is 146 Å². The second kappa shape index (κ2) is 9.03. The van der Waals surface area contributed by atoms with Crippen molar-refractivity contribution in [1.82, 2.24) is 5.32 Å². The predicted octanol–water partition coefficient (Wildman–Crippen LogP) is 4.25. The number of anilines is 1. The Kier molecular flexibility index (Phi) is 6.75. The van der Waals surface area contributed by atoms with Crippen LogP contribution >= 0.6 is 11.6 Å². The van der Waals surface area contributed by atoms with Gasteiger partial charge in [-0.3, -0.25) is 0 Å². The summed E-state index contributed by atoms with van der Waals surface area (Å²) >= 11 is 5.90. The topological polar surface area (TPSA) is 59.6 Å². The van der Waals surface area contributed by atoms with Gasteiger partial charge in [-0.05, 0) is 61.9 Å². The van der Waals surface area contributed by atoms with Crippen molar-refractivity contribution >= 4 is 23.3 Å². The standard InChI is InChI=1S/C18H21ClN2O3/c1-3-23-16-7-5-15(6-8-16)21-18(22)20-10-11-24-17-9-4-14(19)12-13(17)2/h4-9,12H,3,10-11H2,1-2H3,(H2,20,21,22). The summed E-state index contributed by atoms with van der Waals surface area (Å²) in [4.78, 5) is 11.8. The number of nitrogens with one attached hydrogen (secondary N) is 2. The van der Waals surface area contributed by atoms with Crippen LogP contribution < -0.4 is 20.1 Å². The molecule has 2 aromatic carbocycles. The molecule has 0 spiro atoms. The van der Waals surface area contributed by atoms with Crippen LogP contribution in [0.15, 0.2) is 42.5 Å². The molecule has 0 saturated carbocycles. The molecule has 0 unspecified atom stereocenters. The molecule has 2 N–H and O–H groups in total. The third-order valence-corrected chi connectivity index (χ3v) is 3.44. The molecule has 0 atom stereocenters. The van der Waals surface area contributed by atoms with Gasteiger partial charge in [0, 0.05) is 10.7 Å². The van der Waals surface area contributed by atoms with Gasteiger partial charge in [-0.15, -0.1) is 0 Å². The highest BCUT2D eigenvalue weighted by atomic mass is 35.5. The number of benzene rings is 2. The average molecular weight is 349 g/mol. The van der Waals surface area contributed by atoms with Gasteiger partial charge in [0.15, 0.2) is 0 Å². The van der Waals surface area contributed by atoms with Crippen molar-refractivity contribution in [3.63, 3.8) is 0 Å². The lowest BCUT2D eigenvalue weighted by atomic mass is 10.2. The molecule has 2 rings (SSSR count). The fraction of sp³-hybridized carbons (Fsp3) is 0.278. The Balaban J connectivity index is 1.71. The first-order valence-electron chi connectivity index (χ1n) is 7.75. The van der Waals surface area contributed by atoms with Crippen LogP contribution in [0, 0.1) is 6.92 Å².